The fourth-order valence-electron chi connectivity index (χ4n) is 1.09. The monoisotopic (exact) mass is 244 g/mol. The first-order valence-electron chi connectivity index (χ1n) is 5.22. The molecule has 0 aromatic heterocycles. The fourth-order valence-corrected chi connectivity index (χ4v) is 2.00. The number of benzene rings is 1. The van der Waals surface area contributed by atoms with Gasteiger partial charge in [0.2, 0.25) is 0 Å². The maximum Gasteiger partial charge on any atom is 0.293 e. The minimum atomic E-state index is -3.54. The second kappa shape index (κ2) is 6.62. The number of hydrogen-bond donors (Lipinski definition) is 0. The lowest BCUT2D eigenvalue weighted by Gasteiger charge is -2.04. The Labute approximate surface area is 96.2 Å². The summed E-state index contributed by atoms with van der Waals surface area (Å²) in [5.74, 6) is -0.00170. The van der Waals surface area contributed by atoms with Gasteiger partial charge in [-0.2, -0.15) is 8.42 Å². The van der Waals surface area contributed by atoms with Crippen LogP contribution in [0.15, 0.2) is 30.3 Å². The van der Waals surface area contributed by atoms with E-state index < -0.39 is 10.1 Å². The van der Waals surface area contributed by atoms with Crippen LogP contribution in [0.25, 0.3) is 0 Å². The van der Waals surface area contributed by atoms with Gasteiger partial charge in [-0.15, -0.1) is 4.33 Å². The Hall–Kier alpha value is -0.910. The van der Waals surface area contributed by atoms with Gasteiger partial charge in [0.15, 0.2) is 0 Å². The van der Waals surface area contributed by atoms with Gasteiger partial charge in [-0.3, -0.25) is 0 Å². The fraction of sp³-hybridized carbons (Fsp3) is 0.455. The van der Waals surface area contributed by atoms with E-state index in [1.54, 1.807) is 0 Å². The van der Waals surface area contributed by atoms with Crippen molar-refractivity contribution in [2.45, 2.75) is 26.4 Å². The van der Waals surface area contributed by atoms with Crippen LogP contribution in [0.2, 0.25) is 0 Å². The van der Waals surface area contributed by atoms with Crippen molar-refractivity contribution in [3.05, 3.63) is 35.9 Å². The number of rotatable bonds is 7. The first-order chi connectivity index (χ1) is 7.64. The van der Waals surface area contributed by atoms with Crippen LogP contribution in [-0.2, 0) is 25.9 Å². The summed E-state index contributed by atoms with van der Waals surface area (Å²) >= 11 is 0. The van der Waals surface area contributed by atoms with Crippen LogP contribution in [0.3, 0.4) is 0 Å². The molecule has 4 nitrogen and oxygen atoms in total. The highest BCUT2D eigenvalue weighted by Crippen LogP contribution is 2.04. The standard InChI is InChI=1S/C11H16O4S/c1-2-3-9-16(12,13)15-14-10-11-7-5-4-6-8-11/h4-8H,2-3,9-10H2,1H3. The van der Waals surface area contributed by atoms with Crippen LogP contribution in [0, 0.1) is 0 Å². The van der Waals surface area contributed by atoms with Gasteiger partial charge in [-0.25, -0.2) is 4.89 Å². The third kappa shape index (κ3) is 5.25. The van der Waals surface area contributed by atoms with Gasteiger partial charge in [0, 0.05) is 0 Å². The molecule has 0 radical (unpaired) electrons. The molecule has 90 valence electrons. The van der Waals surface area contributed by atoms with E-state index in [1.165, 1.54) is 0 Å². The van der Waals surface area contributed by atoms with E-state index in [0.29, 0.717) is 6.42 Å². The van der Waals surface area contributed by atoms with E-state index in [-0.39, 0.29) is 12.4 Å². The summed E-state index contributed by atoms with van der Waals surface area (Å²) in [6.45, 7) is 2.05. The SMILES string of the molecule is CCCCS(=O)(=O)OOCc1ccccc1. The van der Waals surface area contributed by atoms with E-state index in [9.17, 15) is 8.42 Å². The maximum atomic E-state index is 11.2. The summed E-state index contributed by atoms with van der Waals surface area (Å²) in [6.07, 6.45) is 1.39. The smallest absolute Gasteiger partial charge is 0.215 e. The van der Waals surface area contributed by atoms with Crippen molar-refractivity contribution in [2.24, 2.45) is 0 Å². The molecule has 0 bridgehead atoms. The molecule has 0 unspecified atom stereocenters. The third-order valence-corrected chi connectivity index (χ3v) is 3.06. The van der Waals surface area contributed by atoms with Crippen molar-refractivity contribution < 1.29 is 17.6 Å². The van der Waals surface area contributed by atoms with Crippen molar-refractivity contribution in [1.29, 1.82) is 0 Å². The highest BCUT2D eigenvalue weighted by molar-refractivity contribution is 7.86. The predicted octanol–water partition coefficient (Wildman–Crippen LogP) is 2.26. The Morgan fingerprint density at radius 2 is 1.88 bits per heavy atom. The molecule has 1 aromatic carbocycles. The molecule has 0 heterocycles. The maximum absolute atomic E-state index is 11.2. The summed E-state index contributed by atoms with van der Waals surface area (Å²) in [5.41, 5.74) is 0.869. The van der Waals surface area contributed by atoms with E-state index in [4.69, 9.17) is 4.89 Å². The van der Waals surface area contributed by atoms with E-state index in [2.05, 4.69) is 4.33 Å². The molecule has 0 aliphatic rings. The molecule has 0 N–H and O–H groups in total. The second-order valence-corrected chi connectivity index (χ2v) is 5.09. The van der Waals surface area contributed by atoms with Gasteiger partial charge in [-0.05, 0) is 12.0 Å². The van der Waals surface area contributed by atoms with Crippen LogP contribution in [-0.4, -0.2) is 14.2 Å². The van der Waals surface area contributed by atoms with Crippen LogP contribution in [0.5, 0.6) is 0 Å². The van der Waals surface area contributed by atoms with Crippen molar-refractivity contribution in [1.82, 2.24) is 0 Å². The lowest BCUT2D eigenvalue weighted by molar-refractivity contribution is -0.212. The van der Waals surface area contributed by atoms with Gasteiger partial charge < -0.3 is 0 Å². The molecule has 0 aliphatic heterocycles. The lowest BCUT2D eigenvalue weighted by Crippen LogP contribution is -2.11. The zero-order valence-electron chi connectivity index (χ0n) is 9.26. The van der Waals surface area contributed by atoms with Crippen LogP contribution < -0.4 is 0 Å². The summed E-state index contributed by atoms with van der Waals surface area (Å²) in [6, 6.07) is 9.25. The minimum Gasteiger partial charge on any atom is -0.215 e. The van der Waals surface area contributed by atoms with Crippen molar-refractivity contribution in [3.8, 4) is 0 Å². The van der Waals surface area contributed by atoms with Gasteiger partial charge in [0.25, 0.3) is 10.1 Å². The van der Waals surface area contributed by atoms with Gasteiger partial charge >= 0.3 is 0 Å². The minimum absolute atomic E-state index is 0.00170. The van der Waals surface area contributed by atoms with E-state index >= 15 is 0 Å². The molecule has 0 saturated carbocycles. The molecule has 1 rings (SSSR count). The average Bonchev–Trinajstić information content (AvgIpc) is 2.28. The van der Waals surface area contributed by atoms with Crippen LogP contribution >= 0.6 is 0 Å². The third-order valence-electron chi connectivity index (χ3n) is 1.97. The molecule has 0 saturated heterocycles. The molecule has 1 aromatic rings. The molecule has 0 aliphatic carbocycles. The van der Waals surface area contributed by atoms with Crippen molar-refractivity contribution in [3.63, 3.8) is 0 Å². The normalized spacial score (nSPS) is 11.6. The Balaban J connectivity index is 2.30. The Bertz CT molecular complexity index is 386. The average molecular weight is 244 g/mol. The van der Waals surface area contributed by atoms with E-state index in [0.717, 1.165) is 12.0 Å². The number of hydrogen-bond acceptors (Lipinski definition) is 4. The van der Waals surface area contributed by atoms with Gasteiger partial charge in [0.05, 0.1) is 5.75 Å². The Morgan fingerprint density at radius 3 is 2.50 bits per heavy atom. The summed E-state index contributed by atoms with van der Waals surface area (Å²) in [7, 11) is -3.54. The van der Waals surface area contributed by atoms with Gasteiger partial charge in [-0.1, -0.05) is 43.7 Å². The molecule has 0 spiro atoms. The first-order valence-corrected chi connectivity index (χ1v) is 6.79. The lowest BCUT2D eigenvalue weighted by atomic mass is 10.2. The van der Waals surface area contributed by atoms with Gasteiger partial charge in [0.1, 0.15) is 6.61 Å². The molecule has 0 fully saturated rings. The number of unbranched alkanes of at least 4 members (excludes halogenated alkanes) is 1. The predicted molar refractivity (Wildman–Crippen MR) is 61.0 cm³/mol. The first kappa shape index (κ1) is 13.2. The van der Waals surface area contributed by atoms with Crippen molar-refractivity contribution >= 4 is 10.1 Å². The zero-order valence-corrected chi connectivity index (χ0v) is 10.1. The highest BCUT2D eigenvalue weighted by Gasteiger charge is 2.11. The van der Waals surface area contributed by atoms with Crippen LogP contribution in [0.1, 0.15) is 25.3 Å². The van der Waals surface area contributed by atoms with Crippen LogP contribution in [0.4, 0.5) is 0 Å². The Kier molecular flexibility index (Phi) is 5.45. The molecule has 16 heavy (non-hydrogen) atoms. The summed E-state index contributed by atoms with van der Waals surface area (Å²) in [5, 5.41) is 0. The molecular formula is C11H16O4S. The summed E-state index contributed by atoms with van der Waals surface area (Å²) in [4.78, 5) is 4.69. The topological polar surface area (TPSA) is 52.6 Å². The molecule has 5 heteroatoms. The second-order valence-electron chi connectivity index (χ2n) is 3.43. The quantitative estimate of drug-likeness (QED) is 0.545. The Morgan fingerprint density at radius 1 is 1.19 bits per heavy atom. The molecule has 0 atom stereocenters. The molecule has 0 amide bonds. The largest absolute Gasteiger partial charge is 0.293 e. The van der Waals surface area contributed by atoms with Crippen molar-refractivity contribution in [2.75, 3.05) is 5.75 Å². The molecular weight excluding hydrogens is 228 g/mol. The van der Waals surface area contributed by atoms with E-state index in [1.807, 2.05) is 37.3 Å². The zero-order chi connectivity index (χ0) is 11.9. The summed E-state index contributed by atoms with van der Waals surface area (Å²) < 4.78 is 26.9. The highest BCUT2D eigenvalue weighted by atomic mass is 32.2.